The molecule has 2 aromatic rings. The Morgan fingerprint density at radius 1 is 1.53 bits per heavy atom. The molecule has 2 heterocycles. The summed E-state index contributed by atoms with van der Waals surface area (Å²) in [5.74, 6) is 0.181. The number of amides is 1. The van der Waals surface area contributed by atoms with Gasteiger partial charge in [-0.3, -0.25) is 4.79 Å². The van der Waals surface area contributed by atoms with Crippen molar-refractivity contribution in [1.29, 1.82) is 0 Å². The van der Waals surface area contributed by atoms with E-state index < -0.39 is 10.8 Å². The molecule has 1 amide bonds. The first-order valence-electron chi connectivity index (χ1n) is 5.37. The monoisotopic (exact) mass is 265 g/mol. The molecule has 19 heavy (non-hydrogen) atoms. The van der Waals surface area contributed by atoms with E-state index in [4.69, 9.17) is 4.52 Å². The van der Waals surface area contributed by atoms with Crippen molar-refractivity contribution in [2.75, 3.05) is 5.32 Å². The molecule has 0 aromatic carbocycles. The fourth-order valence-corrected chi connectivity index (χ4v) is 1.49. The Morgan fingerprint density at radius 3 is 2.79 bits per heavy atom. The first kappa shape index (κ1) is 12.7. The number of nitro groups is 1. The molecule has 0 aliphatic carbocycles. The van der Waals surface area contributed by atoms with Crippen molar-refractivity contribution >= 4 is 17.5 Å². The minimum absolute atomic E-state index is 0.133. The minimum atomic E-state index is -0.609. The van der Waals surface area contributed by atoms with Crippen molar-refractivity contribution in [2.24, 2.45) is 0 Å². The molecule has 0 saturated heterocycles. The molecule has 0 fully saturated rings. The number of aromatic nitrogens is 3. The van der Waals surface area contributed by atoms with Crippen molar-refractivity contribution in [1.82, 2.24) is 14.9 Å². The van der Waals surface area contributed by atoms with Crippen molar-refractivity contribution in [2.45, 2.75) is 20.4 Å². The van der Waals surface area contributed by atoms with Crippen LogP contribution >= 0.6 is 0 Å². The summed E-state index contributed by atoms with van der Waals surface area (Å²) >= 11 is 0. The second-order valence-corrected chi connectivity index (χ2v) is 3.93. The van der Waals surface area contributed by atoms with Gasteiger partial charge in [-0.05, 0) is 18.8 Å². The number of nitrogens with one attached hydrogen (secondary N) is 1. The van der Waals surface area contributed by atoms with Gasteiger partial charge in [0.05, 0.1) is 16.9 Å². The Bertz CT molecular complexity index is 630. The van der Waals surface area contributed by atoms with Gasteiger partial charge in [0.1, 0.15) is 12.3 Å². The zero-order valence-corrected chi connectivity index (χ0v) is 10.3. The van der Waals surface area contributed by atoms with E-state index in [0.29, 0.717) is 17.3 Å². The number of nitrogens with zero attached hydrogens (tertiary/aromatic N) is 4. The largest absolute Gasteiger partial charge is 0.390 e. The van der Waals surface area contributed by atoms with Gasteiger partial charge in [-0.15, -0.1) is 0 Å². The molecule has 9 heteroatoms. The van der Waals surface area contributed by atoms with Crippen LogP contribution < -0.4 is 5.32 Å². The highest BCUT2D eigenvalue weighted by molar-refractivity contribution is 5.89. The van der Waals surface area contributed by atoms with Crippen LogP contribution in [0.25, 0.3) is 0 Å². The Balaban J connectivity index is 2.04. The topological polar surface area (TPSA) is 116 Å². The first-order chi connectivity index (χ1) is 8.95. The molecule has 9 nitrogen and oxygen atoms in total. The molecule has 2 rings (SSSR count). The van der Waals surface area contributed by atoms with E-state index in [1.165, 1.54) is 10.7 Å². The fraction of sp³-hybridized carbons (Fsp3) is 0.300. The summed E-state index contributed by atoms with van der Waals surface area (Å²) in [6.45, 7) is 3.20. The molecule has 2 aromatic heterocycles. The average molecular weight is 265 g/mol. The fourth-order valence-electron chi connectivity index (χ4n) is 1.49. The third-order valence-electron chi connectivity index (χ3n) is 2.34. The summed E-state index contributed by atoms with van der Waals surface area (Å²) in [6, 6.07) is 2.86. The molecule has 0 radical (unpaired) electrons. The van der Waals surface area contributed by atoms with Gasteiger partial charge in [-0.1, -0.05) is 5.16 Å². The summed E-state index contributed by atoms with van der Waals surface area (Å²) in [7, 11) is 0. The first-order valence-corrected chi connectivity index (χ1v) is 5.37. The van der Waals surface area contributed by atoms with Crippen LogP contribution in [0.15, 0.2) is 16.7 Å². The van der Waals surface area contributed by atoms with E-state index in [1.54, 1.807) is 19.9 Å². The molecule has 0 bridgehead atoms. The average Bonchev–Trinajstić information content (AvgIpc) is 2.86. The third-order valence-corrected chi connectivity index (χ3v) is 2.34. The predicted octanol–water partition coefficient (Wildman–Crippen LogP) is 1.03. The number of aryl methyl sites for hydroxylation is 2. The maximum Gasteiger partial charge on any atom is 0.390 e. The lowest BCUT2D eigenvalue weighted by molar-refractivity contribution is -0.389. The SMILES string of the molecule is Cc1cc(NC(=O)Cn2nc([N+](=O)[O-])cc2C)no1. The van der Waals surface area contributed by atoms with Gasteiger partial charge in [-0.25, -0.2) is 0 Å². The highest BCUT2D eigenvalue weighted by Gasteiger charge is 2.17. The van der Waals surface area contributed by atoms with Crippen LogP contribution in [0.4, 0.5) is 11.6 Å². The van der Waals surface area contributed by atoms with Gasteiger partial charge in [0.2, 0.25) is 5.91 Å². The second-order valence-electron chi connectivity index (χ2n) is 3.93. The number of hydrogen-bond donors (Lipinski definition) is 1. The number of hydrogen-bond acceptors (Lipinski definition) is 6. The molecule has 0 atom stereocenters. The van der Waals surface area contributed by atoms with E-state index in [2.05, 4.69) is 15.6 Å². The Hall–Kier alpha value is -2.71. The van der Waals surface area contributed by atoms with E-state index in [-0.39, 0.29) is 12.4 Å². The molecule has 1 N–H and O–H groups in total. The molecular formula is C10H11N5O4. The number of carbonyl (C=O) groups is 1. The van der Waals surface area contributed by atoms with E-state index in [9.17, 15) is 14.9 Å². The molecule has 0 aliphatic rings. The van der Waals surface area contributed by atoms with Gasteiger partial charge in [-0.2, -0.15) is 4.68 Å². The lowest BCUT2D eigenvalue weighted by Gasteiger charge is -2.00. The van der Waals surface area contributed by atoms with Crippen LogP contribution in [-0.4, -0.2) is 25.8 Å². The van der Waals surface area contributed by atoms with Crippen LogP contribution in [0.5, 0.6) is 0 Å². The van der Waals surface area contributed by atoms with Gasteiger partial charge in [0, 0.05) is 6.07 Å². The number of rotatable bonds is 4. The second kappa shape index (κ2) is 4.88. The molecule has 0 saturated carbocycles. The summed E-state index contributed by atoms with van der Waals surface area (Å²) in [5, 5.41) is 20.4. The summed E-state index contributed by atoms with van der Waals surface area (Å²) in [6.07, 6.45) is 0. The van der Waals surface area contributed by atoms with E-state index in [0.717, 1.165) is 0 Å². The van der Waals surface area contributed by atoms with Crippen LogP contribution in [0.1, 0.15) is 11.5 Å². The maximum atomic E-state index is 11.7. The van der Waals surface area contributed by atoms with Crippen molar-refractivity contribution in [3.8, 4) is 0 Å². The summed E-state index contributed by atoms with van der Waals surface area (Å²) in [5.41, 5.74) is 0.526. The van der Waals surface area contributed by atoms with Gasteiger partial charge in [0.15, 0.2) is 5.82 Å². The predicted molar refractivity (Wildman–Crippen MR) is 63.5 cm³/mol. The normalized spacial score (nSPS) is 10.4. The van der Waals surface area contributed by atoms with Crippen molar-refractivity contribution < 1.29 is 14.2 Å². The van der Waals surface area contributed by atoms with Gasteiger partial charge >= 0.3 is 5.82 Å². The number of carbonyl (C=O) groups excluding carboxylic acids is 1. The van der Waals surface area contributed by atoms with Gasteiger partial charge < -0.3 is 20.0 Å². The zero-order valence-electron chi connectivity index (χ0n) is 10.3. The van der Waals surface area contributed by atoms with Crippen LogP contribution in [-0.2, 0) is 11.3 Å². The standard InChI is InChI=1S/C10H11N5O4/c1-6-3-9(15(17)18)12-14(6)5-10(16)11-8-4-7(2)19-13-8/h3-4H,5H2,1-2H3,(H,11,13,16). The van der Waals surface area contributed by atoms with Crippen LogP contribution in [0, 0.1) is 24.0 Å². The van der Waals surface area contributed by atoms with Crippen molar-refractivity contribution in [3.63, 3.8) is 0 Å². The zero-order chi connectivity index (χ0) is 14.0. The molecular weight excluding hydrogens is 254 g/mol. The Kier molecular flexibility index (Phi) is 3.27. The van der Waals surface area contributed by atoms with E-state index in [1.807, 2.05) is 0 Å². The minimum Gasteiger partial charge on any atom is -0.360 e. The van der Waals surface area contributed by atoms with Crippen LogP contribution in [0.3, 0.4) is 0 Å². The molecule has 0 unspecified atom stereocenters. The van der Waals surface area contributed by atoms with Crippen molar-refractivity contribution in [3.05, 3.63) is 33.7 Å². The lowest BCUT2D eigenvalue weighted by Crippen LogP contribution is -2.20. The lowest BCUT2D eigenvalue weighted by atomic mass is 10.4. The highest BCUT2D eigenvalue weighted by atomic mass is 16.6. The number of anilines is 1. The summed E-state index contributed by atoms with van der Waals surface area (Å²) in [4.78, 5) is 21.6. The maximum absolute atomic E-state index is 11.7. The molecule has 0 aliphatic heterocycles. The summed E-state index contributed by atoms with van der Waals surface area (Å²) < 4.78 is 6.05. The molecule has 100 valence electrons. The molecule has 0 spiro atoms. The van der Waals surface area contributed by atoms with E-state index >= 15 is 0 Å². The highest BCUT2D eigenvalue weighted by Crippen LogP contribution is 2.11. The quantitative estimate of drug-likeness (QED) is 0.652. The Morgan fingerprint density at radius 2 is 2.26 bits per heavy atom. The Labute approximate surface area is 107 Å². The van der Waals surface area contributed by atoms with Crippen LogP contribution in [0.2, 0.25) is 0 Å². The van der Waals surface area contributed by atoms with Gasteiger partial charge in [0.25, 0.3) is 0 Å². The smallest absolute Gasteiger partial charge is 0.360 e. The third kappa shape index (κ3) is 2.94.